The molecule has 114 valence electrons. The molecule has 0 aromatic rings. The first-order valence-corrected chi connectivity index (χ1v) is 7.23. The second kappa shape index (κ2) is 11.7. The Morgan fingerprint density at radius 3 is 2.29 bits per heavy atom. The molecule has 0 aliphatic carbocycles. The van der Waals surface area contributed by atoms with Crippen molar-refractivity contribution in [1.82, 2.24) is 5.32 Å². The van der Waals surface area contributed by atoms with Gasteiger partial charge in [-0.15, -0.1) is 0 Å². The molecule has 0 aromatic heterocycles. The van der Waals surface area contributed by atoms with Crippen LogP contribution in [0.1, 0.15) is 27.7 Å². The molecular formula is C19H29N2+. The molecule has 0 spiro atoms. The Kier molecular flexibility index (Phi) is 10.5. The van der Waals surface area contributed by atoms with Gasteiger partial charge in [-0.3, -0.25) is 4.99 Å². The van der Waals surface area contributed by atoms with Crippen LogP contribution < -0.4 is 10.3 Å². The predicted molar refractivity (Wildman–Crippen MR) is 95.3 cm³/mol. The minimum Gasteiger partial charge on any atom is -0.394 e. The van der Waals surface area contributed by atoms with Gasteiger partial charge in [-0.05, 0) is 56.7 Å². The van der Waals surface area contributed by atoms with Gasteiger partial charge in [0.2, 0.25) is 0 Å². The van der Waals surface area contributed by atoms with E-state index in [-0.39, 0.29) is 0 Å². The van der Waals surface area contributed by atoms with E-state index in [0.717, 1.165) is 0 Å². The minimum absolute atomic E-state index is 1.24. The van der Waals surface area contributed by atoms with Gasteiger partial charge >= 0.3 is 0 Å². The van der Waals surface area contributed by atoms with Crippen LogP contribution in [0.5, 0.6) is 0 Å². The van der Waals surface area contributed by atoms with Crippen molar-refractivity contribution in [1.29, 1.82) is 0 Å². The van der Waals surface area contributed by atoms with E-state index < -0.39 is 0 Å². The molecule has 21 heavy (non-hydrogen) atoms. The molecule has 0 radical (unpaired) electrons. The highest BCUT2D eigenvalue weighted by atomic mass is 14.8. The van der Waals surface area contributed by atoms with Crippen molar-refractivity contribution in [3.05, 3.63) is 71.0 Å². The van der Waals surface area contributed by atoms with Crippen LogP contribution in [-0.4, -0.2) is 20.3 Å². The lowest BCUT2D eigenvalue weighted by atomic mass is 10.0. The first-order valence-electron chi connectivity index (χ1n) is 7.23. The predicted octanol–water partition coefficient (Wildman–Crippen LogP) is 2.84. The van der Waals surface area contributed by atoms with Crippen molar-refractivity contribution in [2.75, 3.05) is 14.1 Å². The molecule has 0 aromatic carbocycles. The van der Waals surface area contributed by atoms with E-state index in [4.69, 9.17) is 0 Å². The summed E-state index contributed by atoms with van der Waals surface area (Å²) in [7, 11) is 3.78. The summed E-state index contributed by atoms with van der Waals surface area (Å²) in [5.41, 5.74) is 5.10. The largest absolute Gasteiger partial charge is 0.394 e. The van der Waals surface area contributed by atoms with Gasteiger partial charge in [0, 0.05) is 13.1 Å². The fourth-order valence-electron chi connectivity index (χ4n) is 1.64. The Balaban J connectivity index is 4.96. The molecule has 2 N–H and O–H groups in total. The molecule has 0 aliphatic heterocycles. The van der Waals surface area contributed by atoms with Crippen LogP contribution in [0.15, 0.2) is 71.0 Å². The third kappa shape index (κ3) is 9.44. The van der Waals surface area contributed by atoms with E-state index >= 15 is 0 Å². The topological polar surface area (TPSA) is 26.0 Å². The van der Waals surface area contributed by atoms with Crippen molar-refractivity contribution in [3.8, 4) is 0 Å². The highest BCUT2D eigenvalue weighted by Crippen LogP contribution is 2.16. The van der Waals surface area contributed by atoms with Crippen molar-refractivity contribution in [2.45, 2.75) is 27.7 Å². The van der Waals surface area contributed by atoms with Crippen molar-refractivity contribution < 1.29 is 4.99 Å². The van der Waals surface area contributed by atoms with Crippen LogP contribution in [0.2, 0.25) is 0 Å². The van der Waals surface area contributed by atoms with E-state index in [2.05, 4.69) is 56.2 Å². The van der Waals surface area contributed by atoms with Crippen molar-refractivity contribution in [3.63, 3.8) is 0 Å². The van der Waals surface area contributed by atoms with E-state index in [1.165, 1.54) is 22.3 Å². The van der Waals surface area contributed by atoms with E-state index in [1.54, 1.807) is 0 Å². The van der Waals surface area contributed by atoms with Gasteiger partial charge in [-0.2, -0.15) is 0 Å². The summed E-state index contributed by atoms with van der Waals surface area (Å²) in [5, 5.41) is 2.96. The standard InChI is InChI=1S/C19H28N2/c1-16(11-7-9-13-20-5)15-18(3)19(4)17(2)12-8-10-14-21-6/h7-15,20H,1-6H3/p+1. The van der Waals surface area contributed by atoms with Gasteiger partial charge in [0.15, 0.2) is 6.21 Å². The highest BCUT2D eigenvalue weighted by molar-refractivity contribution is 5.65. The maximum absolute atomic E-state index is 2.97. The van der Waals surface area contributed by atoms with Crippen LogP contribution in [0.4, 0.5) is 0 Å². The lowest BCUT2D eigenvalue weighted by Gasteiger charge is -2.05. The summed E-state index contributed by atoms with van der Waals surface area (Å²) in [6, 6.07) is 0. The van der Waals surface area contributed by atoms with Gasteiger partial charge in [0.05, 0.1) is 0 Å². The number of rotatable bonds is 7. The Labute approximate surface area is 130 Å². The Morgan fingerprint density at radius 1 is 0.952 bits per heavy atom. The molecule has 0 amide bonds. The Bertz CT molecular complexity index is 510. The van der Waals surface area contributed by atoms with Gasteiger partial charge < -0.3 is 5.32 Å². The van der Waals surface area contributed by atoms with E-state index in [1.807, 2.05) is 50.8 Å². The lowest BCUT2D eigenvalue weighted by molar-refractivity contribution is -0.413. The third-order valence-electron chi connectivity index (χ3n) is 3.08. The molecule has 2 nitrogen and oxygen atoms in total. The molecule has 0 heterocycles. The first kappa shape index (κ1) is 18.9. The summed E-state index contributed by atoms with van der Waals surface area (Å²) in [4.78, 5) is 2.97. The number of allylic oxidation sites excluding steroid dienone is 11. The summed E-state index contributed by atoms with van der Waals surface area (Å²) < 4.78 is 0. The fraction of sp³-hybridized carbons (Fsp3) is 0.316. The molecule has 0 fully saturated rings. The number of hydrogen-bond acceptors (Lipinski definition) is 1. The number of hydrogen-bond donors (Lipinski definition) is 2. The molecule has 0 unspecified atom stereocenters. The van der Waals surface area contributed by atoms with Crippen LogP contribution in [0.3, 0.4) is 0 Å². The highest BCUT2D eigenvalue weighted by Gasteiger charge is 1.96. The maximum atomic E-state index is 2.97. The molecule has 0 bridgehead atoms. The Morgan fingerprint density at radius 2 is 1.67 bits per heavy atom. The Hall–Kier alpha value is -2.09. The van der Waals surface area contributed by atoms with Crippen LogP contribution in [0.25, 0.3) is 0 Å². The van der Waals surface area contributed by atoms with Crippen molar-refractivity contribution in [2.24, 2.45) is 0 Å². The molecule has 0 saturated carbocycles. The lowest BCUT2D eigenvalue weighted by Crippen LogP contribution is -2.62. The van der Waals surface area contributed by atoms with Crippen LogP contribution >= 0.6 is 0 Å². The monoisotopic (exact) mass is 285 g/mol. The quantitative estimate of drug-likeness (QED) is 0.546. The van der Waals surface area contributed by atoms with Gasteiger partial charge in [-0.1, -0.05) is 36.0 Å². The van der Waals surface area contributed by atoms with Crippen LogP contribution in [-0.2, 0) is 0 Å². The first-order chi connectivity index (χ1) is 10.0. The molecule has 2 heteroatoms. The van der Waals surface area contributed by atoms with E-state index in [0.29, 0.717) is 0 Å². The third-order valence-corrected chi connectivity index (χ3v) is 3.08. The average molecular weight is 285 g/mol. The molecule has 0 saturated heterocycles. The smallest absolute Gasteiger partial charge is 0.161 e. The second-order valence-corrected chi connectivity index (χ2v) is 4.89. The average Bonchev–Trinajstić information content (AvgIpc) is 2.47. The minimum atomic E-state index is 1.24. The summed E-state index contributed by atoms with van der Waals surface area (Å²) in [5.74, 6) is 0. The summed E-state index contributed by atoms with van der Waals surface area (Å²) in [6.07, 6.45) is 18.3. The summed E-state index contributed by atoms with van der Waals surface area (Å²) >= 11 is 0. The number of nitrogens with one attached hydrogen (secondary N) is 2. The summed E-state index contributed by atoms with van der Waals surface area (Å²) in [6.45, 7) is 8.56. The SMILES string of the molecule is CNC=CC=CC(C)=CC(C)=C(C)C(C)=CC=CC=[NH+]C. The maximum Gasteiger partial charge on any atom is 0.161 e. The zero-order valence-corrected chi connectivity index (χ0v) is 14.2. The molecule has 0 rings (SSSR count). The molecular weight excluding hydrogens is 256 g/mol. The molecule has 0 aliphatic rings. The van der Waals surface area contributed by atoms with E-state index in [9.17, 15) is 0 Å². The zero-order chi connectivity index (χ0) is 16.1. The normalized spacial score (nSPS) is 15.7. The van der Waals surface area contributed by atoms with Crippen LogP contribution in [0, 0.1) is 0 Å². The zero-order valence-electron chi connectivity index (χ0n) is 14.2. The fourth-order valence-corrected chi connectivity index (χ4v) is 1.64. The van der Waals surface area contributed by atoms with Gasteiger partial charge in [0.25, 0.3) is 0 Å². The second-order valence-electron chi connectivity index (χ2n) is 4.89. The van der Waals surface area contributed by atoms with Crippen molar-refractivity contribution >= 4 is 6.21 Å². The van der Waals surface area contributed by atoms with Gasteiger partial charge in [0.1, 0.15) is 7.05 Å². The molecule has 0 atom stereocenters. The van der Waals surface area contributed by atoms with Gasteiger partial charge in [-0.25, -0.2) is 0 Å².